The Kier molecular flexibility index (Phi) is 10.6. The van der Waals surface area contributed by atoms with E-state index in [0.717, 1.165) is 24.1 Å². The molecule has 0 saturated heterocycles. The zero-order valence-electron chi connectivity index (χ0n) is 26.6. The quantitative estimate of drug-likeness (QED) is 0.230. The number of pyridine rings is 1. The van der Waals surface area contributed by atoms with Crippen molar-refractivity contribution in [2.45, 2.75) is 40.2 Å². The topological polar surface area (TPSA) is 104 Å². The molecule has 1 N–H and O–H groups in total. The lowest BCUT2D eigenvalue weighted by molar-refractivity contribution is -0.137. The van der Waals surface area contributed by atoms with E-state index in [0.29, 0.717) is 61.2 Å². The Morgan fingerprint density at radius 1 is 1.05 bits per heavy atom. The molecule has 0 atom stereocenters. The Balaban J connectivity index is 1.25. The maximum atomic E-state index is 13.1. The Morgan fingerprint density at radius 3 is 2.57 bits per heavy atom. The summed E-state index contributed by atoms with van der Waals surface area (Å²) >= 11 is 0. The highest BCUT2D eigenvalue weighted by atomic mass is 16.5. The molecule has 4 rings (SSSR count). The molecule has 1 aromatic heterocycles. The third-order valence-corrected chi connectivity index (χ3v) is 7.90. The average molecular weight is 602 g/mol. The van der Waals surface area contributed by atoms with Gasteiger partial charge in [0.05, 0.1) is 30.7 Å². The predicted octanol–water partition coefficient (Wildman–Crippen LogP) is 4.32. The number of nitrogens with one attached hydrogen (secondary N) is 1. The first-order chi connectivity index (χ1) is 21.1. The highest BCUT2D eigenvalue weighted by Gasteiger charge is 2.45. The molecular formula is C34H43N5O5. The predicted molar refractivity (Wildman–Crippen MR) is 171 cm³/mol. The standard InChI is InChI=1S/C34H43N5O5/c1-7-39-28-15-14-26(22-29(28)38(5)32(41)34(2,3)33(39)42)44-20-10-11-25-21-24(16-17-36-25)23-35-18-19-37(4)31(40)27-12-8-9-13-30(27)43-6/h8-9,12-17,21-22,35H,7,10-11,18-20,23H2,1-6H3. The van der Waals surface area contributed by atoms with Gasteiger partial charge in [0.2, 0.25) is 11.8 Å². The summed E-state index contributed by atoms with van der Waals surface area (Å²) in [5.41, 5.74) is 2.86. The van der Waals surface area contributed by atoms with E-state index in [1.165, 1.54) is 0 Å². The van der Waals surface area contributed by atoms with Crippen molar-refractivity contribution in [2.75, 3.05) is 57.2 Å². The number of aryl methyl sites for hydroxylation is 1. The second kappa shape index (κ2) is 14.4. The van der Waals surface area contributed by atoms with Crippen LogP contribution in [0.3, 0.4) is 0 Å². The maximum absolute atomic E-state index is 13.1. The van der Waals surface area contributed by atoms with Crippen LogP contribution in [-0.2, 0) is 22.6 Å². The lowest BCUT2D eigenvalue weighted by atomic mass is 9.90. The molecule has 0 unspecified atom stereocenters. The smallest absolute Gasteiger partial charge is 0.257 e. The minimum Gasteiger partial charge on any atom is -0.496 e. The van der Waals surface area contributed by atoms with E-state index in [4.69, 9.17) is 9.47 Å². The summed E-state index contributed by atoms with van der Waals surface area (Å²) in [6.45, 7) is 8.07. The molecule has 0 fully saturated rings. The Labute approximate surface area is 260 Å². The van der Waals surface area contributed by atoms with Gasteiger partial charge in [-0.25, -0.2) is 0 Å². The number of carbonyl (C=O) groups excluding carboxylic acids is 3. The molecule has 10 nitrogen and oxygen atoms in total. The summed E-state index contributed by atoms with van der Waals surface area (Å²) in [6, 6.07) is 16.8. The molecule has 0 radical (unpaired) electrons. The number of rotatable bonds is 13. The molecule has 1 aliphatic heterocycles. The van der Waals surface area contributed by atoms with Gasteiger partial charge in [0, 0.05) is 58.2 Å². The molecule has 44 heavy (non-hydrogen) atoms. The third-order valence-electron chi connectivity index (χ3n) is 7.90. The number of hydrogen-bond acceptors (Lipinski definition) is 7. The largest absolute Gasteiger partial charge is 0.496 e. The number of nitrogens with zero attached hydrogens (tertiary/aromatic N) is 4. The molecular weight excluding hydrogens is 558 g/mol. The fraction of sp³-hybridized carbons (Fsp3) is 0.412. The highest BCUT2D eigenvalue weighted by Crippen LogP contribution is 2.40. The number of anilines is 2. The van der Waals surface area contributed by atoms with E-state index in [9.17, 15) is 14.4 Å². The van der Waals surface area contributed by atoms with Crippen LogP contribution in [-0.4, -0.2) is 75.1 Å². The number of carbonyl (C=O) groups is 3. The van der Waals surface area contributed by atoms with Crippen molar-refractivity contribution in [3.63, 3.8) is 0 Å². The zero-order chi connectivity index (χ0) is 31.9. The van der Waals surface area contributed by atoms with Crippen LogP contribution in [0.15, 0.2) is 60.8 Å². The molecule has 0 aliphatic carbocycles. The number of fused-ring (bicyclic) bond motifs is 1. The summed E-state index contributed by atoms with van der Waals surface area (Å²) in [7, 11) is 5.05. The van der Waals surface area contributed by atoms with E-state index in [2.05, 4.69) is 16.4 Å². The van der Waals surface area contributed by atoms with Gasteiger partial charge in [-0.1, -0.05) is 12.1 Å². The molecule has 1 aliphatic rings. The van der Waals surface area contributed by atoms with Crippen LogP contribution >= 0.6 is 0 Å². The molecule has 3 aromatic rings. The normalized spacial score (nSPS) is 14.2. The lowest BCUT2D eigenvalue weighted by Crippen LogP contribution is -2.47. The number of benzene rings is 2. The fourth-order valence-corrected chi connectivity index (χ4v) is 5.30. The second-order valence-corrected chi connectivity index (χ2v) is 11.4. The van der Waals surface area contributed by atoms with Gasteiger partial charge in [0.1, 0.15) is 16.9 Å². The number of methoxy groups -OCH3 is 1. The van der Waals surface area contributed by atoms with Crippen molar-refractivity contribution in [3.05, 3.63) is 77.6 Å². The third kappa shape index (κ3) is 7.19. The fourth-order valence-electron chi connectivity index (χ4n) is 5.30. The van der Waals surface area contributed by atoms with Gasteiger partial charge in [-0.2, -0.15) is 0 Å². The molecule has 2 heterocycles. The highest BCUT2D eigenvalue weighted by molar-refractivity contribution is 6.20. The summed E-state index contributed by atoms with van der Waals surface area (Å²) in [4.78, 5) is 48.4. The first-order valence-corrected chi connectivity index (χ1v) is 15.0. The molecule has 3 amide bonds. The zero-order valence-corrected chi connectivity index (χ0v) is 26.6. The van der Waals surface area contributed by atoms with Crippen molar-refractivity contribution >= 4 is 29.1 Å². The van der Waals surface area contributed by atoms with Gasteiger partial charge in [0.25, 0.3) is 5.91 Å². The monoisotopic (exact) mass is 601 g/mol. The van der Waals surface area contributed by atoms with Crippen molar-refractivity contribution < 1.29 is 23.9 Å². The molecule has 0 spiro atoms. The van der Waals surface area contributed by atoms with Crippen LogP contribution < -0.4 is 24.6 Å². The van der Waals surface area contributed by atoms with Crippen molar-refractivity contribution in [1.82, 2.24) is 15.2 Å². The number of para-hydroxylation sites is 1. The van der Waals surface area contributed by atoms with Crippen molar-refractivity contribution in [1.29, 1.82) is 0 Å². The maximum Gasteiger partial charge on any atom is 0.257 e. The minimum atomic E-state index is -1.14. The summed E-state index contributed by atoms with van der Waals surface area (Å²) in [5, 5.41) is 3.40. The van der Waals surface area contributed by atoms with Gasteiger partial charge in [-0.3, -0.25) is 19.4 Å². The number of hydrogen-bond donors (Lipinski definition) is 1. The minimum absolute atomic E-state index is 0.0777. The van der Waals surface area contributed by atoms with Crippen molar-refractivity contribution in [3.8, 4) is 11.5 Å². The van der Waals surface area contributed by atoms with Gasteiger partial charge < -0.3 is 29.5 Å². The van der Waals surface area contributed by atoms with Gasteiger partial charge in [-0.05, 0) is 75.6 Å². The number of ether oxygens (including phenoxy) is 2. The van der Waals surface area contributed by atoms with E-state index in [-0.39, 0.29) is 17.7 Å². The van der Waals surface area contributed by atoms with Gasteiger partial charge in [-0.15, -0.1) is 0 Å². The van der Waals surface area contributed by atoms with E-state index >= 15 is 0 Å². The number of likely N-dealkylation sites (N-methyl/N-ethyl adjacent to an activating group) is 1. The van der Waals surface area contributed by atoms with E-state index in [1.807, 2.05) is 49.5 Å². The van der Waals surface area contributed by atoms with Gasteiger partial charge in [0.15, 0.2) is 0 Å². The molecule has 234 valence electrons. The van der Waals surface area contributed by atoms with Crippen LogP contribution in [0.1, 0.15) is 48.8 Å². The SMILES string of the molecule is CCN1C(=O)C(C)(C)C(=O)N(C)c2cc(OCCCc3cc(CNCCN(C)C(=O)c4ccccc4OC)ccn3)ccc21. The summed E-state index contributed by atoms with van der Waals surface area (Å²) in [5.74, 6) is 0.684. The Bertz CT molecular complexity index is 1490. The first-order valence-electron chi connectivity index (χ1n) is 15.0. The van der Waals surface area contributed by atoms with E-state index in [1.54, 1.807) is 61.9 Å². The average Bonchev–Trinajstić information content (AvgIpc) is 3.09. The summed E-state index contributed by atoms with van der Waals surface area (Å²) in [6.07, 6.45) is 3.32. The van der Waals surface area contributed by atoms with Crippen LogP contribution in [0, 0.1) is 5.41 Å². The lowest BCUT2D eigenvalue weighted by Gasteiger charge is -2.27. The Morgan fingerprint density at radius 2 is 1.82 bits per heavy atom. The van der Waals surface area contributed by atoms with Crippen LogP contribution in [0.5, 0.6) is 11.5 Å². The first kappa shape index (κ1) is 32.5. The van der Waals surface area contributed by atoms with Crippen LogP contribution in [0.2, 0.25) is 0 Å². The molecule has 2 aromatic carbocycles. The molecule has 10 heteroatoms. The number of aromatic nitrogens is 1. The Hall–Kier alpha value is -4.44. The van der Waals surface area contributed by atoms with Crippen molar-refractivity contribution in [2.24, 2.45) is 5.41 Å². The number of amides is 3. The second-order valence-electron chi connectivity index (χ2n) is 11.4. The van der Waals surface area contributed by atoms with E-state index < -0.39 is 5.41 Å². The van der Waals surface area contributed by atoms with Gasteiger partial charge >= 0.3 is 0 Å². The summed E-state index contributed by atoms with van der Waals surface area (Å²) < 4.78 is 11.4. The van der Waals surface area contributed by atoms with Crippen LogP contribution in [0.25, 0.3) is 0 Å². The van der Waals surface area contributed by atoms with Crippen LogP contribution in [0.4, 0.5) is 11.4 Å². The molecule has 0 bridgehead atoms. The molecule has 0 saturated carbocycles.